The fourth-order valence-electron chi connectivity index (χ4n) is 3.21. The van der Waals surface area contributed by atoms with Crippen LogP contribution in [0, 0.1) is 12.8 Å². The van der Waals surface area contributed by atoms with Crippen LogP contribution >= 0.6 is 24.0 Å². The smallest absolute Gasteiger partial charge is 0.191 e. The van der Waals surface area contributed by atoms with E-state index in [-0.39, 0.29) is 30.1 Å². The fraction of sp³-hybridized carbons (Fsp3) is 0.667. The summed E-state index contributed by atoms with van der Waals surface area (Å²) >= 11 is 0. The van der Waals surface area contributed by atoms with Crippen molar-refractivity contribution in [3.05, 3.63) is 29.8 Å². The summed E-state index contributed by atoms with van der Waals surface area (Å²) in [5, 5.41) is 6.81. The van der Waals surface area contributed by atoms with Gasteiger partial charge in [-0.3, -0.25) is 4.99 Å². The largest absolute Gasteiger partial charge is 0.489 e. The van der Waals surface area contributed by atoms with Crippen molar-refractivity contribution in [2.75, 3.05) is 59.9 Å². The molecule has 1 aromatic carbocycles. The van der Waals surface area contributed by atoms with Crippen LogP contribution in [-0.4, -0.2) is 81.8 Å². The summed E-state index contributed by atoms with van der Waals surface area (Å²) in [6.45, 7) is 13.9. The number of piperazine rings is 1. The maximum absolute atomic E-state index is 6.02. The van der Waals surface area contributed by atoms with Gasteiger partial charge >= 0.3 is 0 Å². The van der Waals surface area contributed by atoms with Crippen LogP contribution < -0.4 is 15.4 Å². The molecule has 1 aliphatic heterocycles. The van der Waals surface area contributed by atoms with Crippen molar-refractivity contribution < 1.29 is 4.74 Å². The van der Waals surface area contributed by atoms with Crippen molar-refractivity contribution in [3.8, 4) is 5.75 Å². The van der Waals surface area contributed by atoms with E-state index in [9.17, 15) is 0 Å². The van der Waals surface area contributed by atoms with Crippen LogP contribution in [0.15, 0.2) is 29.3 Å². The lowest BCUT2D eigenvalue weighted by Gasteiger charge is -2.34. The lowest BCUT2D eigenvalue weighted by atomic mass is 10.1. The van der Waals surface area contributed by atoms with E-state index in [1.807, 2.05) is 25.2 Å². The van der Waals surface area contributed by atoms with Crippen LogP contribution in [0.25, 0.3) is 0 Å². The standard InChI is InChI=1S/C21H37N5O.HI/c1-17(16-26-12-10-25(5)11-13-26)14-23-21(22-4)24-15-19(3)27-20-9-7-6-8-18(20)2;/h6-9,17,19H,10-16H2,1-5H3,(H2,22,23,24);1H. The fourth-order valence-corrected chi connectivity index (χ4v) is 3.21. The molecule has 0 saturated carbocycles. The zero-order chi connectivity index (χ0) is 19.6. The first-order valence-electron chi connectivity index (χ1n) is 10.1. The summed E-state index contributed by atoms with van der Waals surface area (Å²) in [6.07, 6.45) is 0.0624. The molecule has 2 unspecified atom stereocenters. The van der Waals surface area contributed by atoms with Crippen molar-refractivity contribution in [3.63, 3.8) is 0 Å². The molecule has 160 valence electrons. The number of nitrogens with one attached hydrogen (secondary N) is 2. The topological polar surface area (TPSA) is 52.1 Å². The molecule has 1 aliphatic rings. The van der Waals surface area contributed by atoms with E-state index in [1.165, 1.54) is 26.2 Å². The third-order valence-corrected chi connectivity index (χ3v) is 4.99. The molecule has 7 heteroatoms. The normalized spacial score (nSPS) is 18.1. The van der Waals surface area contributed by atoms with Gasteiger partial charge in [0.25, 0.3) is 0 Å². The van der Waals surface area contributed by atoms with Crippen LogP contribution in [0.5, 0.6) is 5.75 Å². The summed E-state index contributed by atoms with van der Waals surface area (Å²) in [4.78, 5) is 9.28. The number of aliphatic imine (C=N–C) groups is 1. The Morgan fingerprint density at radius 3 is 2.39 bits per heavy atom. The molecular formula is C21H38IN5O. The number of benzene rings is 1. The highest BCUT2D eigenvalue weighted by Crippen LogP contribution is 2.17. The van der Waals surface area contributed by atoms with Gasteiger partial charge in [0, 0.05) is 46.3 Å². The Morgan fingerprint density at radius 1 is 1.11 bits per heavy atom. The van der Waals surface area contributed by atoms with E-state index >= 15 is 0 Å². The second kappa shape index (κ2) is 13.2. The van der Waals surface area contributed by atoms with Gasteiger partial charge in [-0.05, 0) is 38.4 Å². The summed E-state index contributed by atoms with van der Waals surface area (Å²) in [7, 11) is 4.01. The highest BCUT2D eigenvalue weighted by atomic mass is 127. The highest BCUT2D eigenvalue weighted by Gasteiger charge is 2.16. The molecule has 1 fully saturated rings. The molecule has 0 aliphatic carbocycles. The van der Waals surface area contributed by atoms with Crippen molar-refractivity contribution >= 4 is 29.9 Å². The third kappa shape index (κ3) is 8.96. The van der Waals surface area contributed by atoms with Gasteiger partial charge in [-0.25, -0.2) is 0 Å². The van der Waals surface area contributed by atoms with Crippen molar-refractivity contribution in [2.24, 2.45) is 10.9 Å². The van der Waals surface area contributed by atoms with Crippen molar-refractivity contribution in [1.29, 1.82) is 0 Å². The molecule has 1 saturated heterocycles. The number of para-hydroxylation sites is 1. The van der Waals surface area contributed by atoms with Gasteiger partial charge in [-0.1, -0.05) is 25.1 Å². The number of nitrogens with zero attached hydrogens (tertiary/aromatic N) is 3. The summed E-state index contributed by atoms with van der Waals surface area (Å²) in [6, 6.07) is 8.11. The van der Waals surface area contributed by atoms with Gasteiger partial charge in [0.15, 0.2) is 5.96 Å². The molecule has 6 nitrogen and oxygen atoms in total. The van der Waals surface area contributed by atoms with Crippen molar-refractivity contribution in [1.82, 2.24) is 20.4 Å². The molecule has 2 N–H and O–H groups in total. The molecule has 0 radical (unpaired) electrons. The minimum atomic E-state index is 0. The summed E-state index contributed by atoms with van der Waals surface area (Å²) in [5.41, 5.74) is 1.16. The molecule has 0 spiro atoms. The molecule has 0 aromatic heterocycles. The zero-order valence-corrected chi connectivity index (χ0v) is 20.4. The SMILES string of the molecule is CN=C(NCC(C)CN1CCN(C)CC1)NCC(C)Oc1ccccc1C.I. The number of aryl methyl sites for hydroxylation is 1. The molecule has 28 heavy (non-hydrogen) atoms. The van der Waals surface area contributed by atoms with Gasteiger partial charge in [0.2, 0.25) is 0 Å². The van der Waals surface area contributed by atoms with Crippen LogP contribution in [-0.2, 0) is 0 Å². The van der Waals surface area contributed by atoms with Gasteiger partial charge in [-0.2, -0.15) is 0 Å². The Balaban J connectivity index is 0.00000392. The molecule has 1 heterocycles. The number of halogens is 1. The maximum Gasteiger partial charge on any atom is 0.191 e. The Hall–Kier alpha value is -1.06. The Kier molecular flexibility index (Phi) is 11.8. The van der Waals surface area contributed by atoms with E-state index in [0.29, 0.717) is 12.5 Å². The number of guanidine groups is 1. The van der Waals surface area contributed by atoms with E-state index in [4.69, 9.17) is 4.74 Å². The quantitative estimate of drug-likeness (QED) is 0.324. The molecule has 2 rings (SSSR count). The van der Waals surface area contributed by atoms with Crippen LogP contribution in [0.4, 0.5) is 0 Å². The van der Waals surface area contributed by atoms with E-state index in [0.717, 1.165) is 30.4 Å². The molecule has 0 bridgehead atoms. The first kappa shape index (κ1) is 25.0. The maximum atomic E-state index is 6.02. The number of hydrogen-bond donors (Lipinski definition) is 2. The van der Waals surface area contributed by atoms with Gasteiger partial charge in [-0.15, -0.1) is 24.0 Å². The number of hydrogen-bond acceptors (Lipinski definition) is 4. The average molecular weight is 503 g/mol. The predicted octanol–water partition coefficient (Wildman–Crippen LogP) is 2.43. The summed E-state index contributed by atoms with van der Waals surface area (Å²) < 4.78 is 6.02. The van der Waals surface area contributed by atoms with Gasteiger partial charge in [0.05, 0.1) is 6.54 Å². The van der Waals surface area contributed by atoms with Gasteiger partial charge in [0.1, 0.15) is 11.9 Å². The van der Waals surface area contributed by atoms with Gasteiger partial charge < -0.3 is 25.2 Å². The van der Waals surface area contributed by atoms with E-state index in [1.54, 1.807) is 0 Å². The minimum Gasteiger partial charge on any atom is -0.489 e. The molecular weight excluding hydrogens is 465 g/mol. The predicted molar refractivity (Wildman–Crippen MR) is 129 cm³/mol. The first-order valence-corrected chi connectivity index (χ1v) is 10.1. The zero-order valence-electron chi connectivity index (χ0n) is 18.1. The second-order valence-electron chi connectivity index (χ2n) is 7.74. The van der Waals surface area contributed by atoms with Crippen molar-refractivity contribution in [2.45, 2.75) is 26.9 Å². The van der Waals surface area contributed by atoms with Crippen LogP contribution in [0.2, 0.25) is 0 Å². The Morgan fingerprint density at radius 2 is 1.75 bits per heavy atom. The molecule has 2 atom stereocenters. The number of likely N-dealkylation sites (N-methyl/N-ethyl adjacent to an activating group) is 1. The number of ether oxygens (including phenoxy) is 1. The lowest BCUT2D eigenvalue weighted by molar-refractivity contribution is 0.139. The highest BCUT2D eigenvalue weighted by molar-refractivity contribution is 14.0. The Labute approximate surface area is 188 Å². The van der Waals surface area contributed by atoms with E-state index in [2.05, 4.69) is 59.3 Å². The molecule has 0 amide bonds. The van der Waals surface area contributed by atoms with Crippen LogP contribution in [0.1, 0.15) is 19.4 Å². The lowest BCUT2D eigenvalue weighted by Crippen LogP contribution is -2.48. The monoisotopic (exact) mass is 503 g/mol. The first-order chi connectivity index (χ1) is 13.0. The number of rotatable bonds is 8. The third-order valence-electron chi connectivity index (χ3n) is 4.99. The van der Waals surface area contributed by atoms with E-state index < -0.39 is 0 Å². The summed E-state index contributed by atoms with van der Waals surface area (Å²) in [5.74, 6) is 2.35. The molecule has 1 aromatic rings. The second-order valence-corrected chi connectivity index (χ2v) is 7.74. The van der Waals surface area contributed by atoms with Crippen LogP contribution in [0.3, 0.4) is 0 Å². The average Bonchev–Trinajstić information content (AvgIpc) is 2.65. The minimum absolute atomic E-state index is 0. The Bertz CT molecular complexity index is 590.